The first-order valence-electron chi connectivity index (χ1n) is 12.0. The van der Waals surface area contributed by atoms with Gasteiger partial charge >= 0.3 is 5.97 Å². The van der Waals surface area contributed by atoms with Gasteiger partial charge in [-0.25, -0.2) is 0 Å². The molecule has 2 N–H and O–H groups in total. The summed E-state index contributed by atoms with van der Waals surface area (Å²) >= 11 is 0. The molecule has 7 nitrogen and oxygen atoms in total. The lowest BCUT2D eigenvalue weighted by Crippen LogP contribution is -2.58. The highest BCUT2D eigenvalue weighted by molar-refractivity contribution is 5.83. The molecule has 1 heterocycles. The summed E-state index contributed by atoms with van der Waals surface area (Å²) in [7, 11) is 0. The van der Waals surface area contributed by atoms with Crippen LogP contribution in [0, 0.1) is 31.1 Å². The number of aliphatic hydroxyl groups is 1. The minimum Gasteiger partial charge on any atom is -0.455 e. The van der Waals surface area contributed by atoms with E-state index in [1.807, 2.05) is 36.7 Å². The van der Waals surface area contributed by atoms with Crippen LogP contribution in [0.25, 0.3) is 0 Å². The Morgan fingerprint density at radius 2 is 1.85 bits per heavy atom. The van der Waals surface area contributed by atoms with Gasteiger partial charge in [-0.1, -0.05) is 30.3 Å². The maximum absolute atomic E-state index is 13.0. The molecule has 7 heteroatoms. The van der Waals surface area contributed by atoms with Gasteiger partial charge in [0, 0.05) is 17.8 Å². The van der Waals surface area contributed by atoms with Crippen LogP contribution >= 0.6 is 0 Å². The molecule has 33 heavy (non-hydrogen) atoms. The minimum atomic E-state index is -0.722. The van der Waals surface area contributed by atoms with Gasteiger partial charge in [0.2, 0.25) is 0 Å². The van der Waals surface area contributed by atoms with Crippen molar-refractivity contribution in [1.82, 2.24) is 15.1 Å². The summed E-state index contributed by atoms with van der Waals surface area (Å²) in [6, 6.07) is 10.1. The van der Waals surface area contributed by atoms with Crippen LogP contribution in [-0.2, 0) is 27.4 Å². The lowest BCUT2D eigenvalue weighted by molar-refractivity contribution is -0.196. The third-order valence-corrected chi connectivity index (χ3v) is 7.97. The quantitative estimate of drug-likeness (QED) is 0.631. The van der Waals surface area contributed by atoms with Gasteiger partial charge in [0.25, 0.3) is 5.91 Å². The fourth-order valence-corrected chi connectivity index (χ4v) is 6.88. The summed E-state index contributed by atoms with van der Waals surface area (Å²) in [6.45, 7) is 4.67. The number of aryl methyl sites for hydroxylation is 1. The Morgan fingerprint density at radius 3 is 2.52 bits per heavy atom. The molecule has 0 spiro atoms. The molecular formula is C26H33N3O4. The van der Waals surface area contributed by atoms with Gasteiger partial charge in [0.1, 0.15) is 0 Å². The van der Waals surface area contributed by atoms with Gasteiger partial charge in [-0.15, -0.1) is 0 Å². The van der Waals surface area contributed by atoms with Crippen molar-refractivity contribution in [2.45, 2.75) is 71.1 Å². The highest BCUT2D eigenvalue weighted by Gasteiger charge is 2.60. The SMILES string of the molecule is Cc1nn(Cc2ccccc2)c(C)c1CNC(=O)COC(=O)C12CC3CC(CC(O)(C3)C1)C2. The Morgan fingerprint density at radius 1 is 1.15 bits per heavy atom. The molecule has 0 radical (unpaired) electrons. The second-order valence-corrected chi connectivity index (χ2v) is 10.6. The normalized spacial score (nSPS) is 29.8. The Balaban J connectivity index is 1.15. The van der Waals surface area contributed by atoms with Gasteiger partial charge in [-0.3, -0.25) is 14.3 Å². The Bertz CT molecular complexity index is 1050. The molecule has 0 saturated heterocycles. The van der Waals surface area contributed by atoms with Gasteiger partial charge < -0.3 is 15.2 Å². The molecule has 1 amide bonds. The third kappa shape index (κ3) is 4.31. The highest BCUT2D eigenvalue weighted by atomic mass is 16.5. The van der Waals surface area contributed by atoms with E-state index in [0.717, 1.165) is 49.1 Å². The van der Waals surface area contributed by atoms with Crippen LogP contribution in [0.5, 0.6) is 0 Å². The molecule has 4 fully saturated rings. The van der Waals surface area contributed by atoms with E-state index in [4.69, 9.17) is 4.74 Å². The molecule has 1 aromatic carbocycles. The maximum Gasteiger partial charge on any atom is 0.312 e. The largest absolute Gasteiger partial charge is 0.455 e. The van der Waals surface area contributed by atoms with Crippen molar-refractivity contribution in [3.8, 4) is 0 Å². The van der Waals surface area contributed by atoms with E-state index in [-0.39, 0.29) is 18.5 Å². The Hall–Kier alpha value is -2.67. The van der Waals surface area contributed by atoms with Gasteiger partial charge in [-0.2, -0.15) is 5.10 Å². The number of ether oxygens (including phenoxy) is 1. The first kappa shape index (κ1) is 22.1. The number of esters is 1. The minimum absolute atomic E-state index is 0.287. The summed E-state index contributed by atoms with van der Waals surface area (Å²) in [5, 5.41) is 18.4. The van der Waals surface area contributed by atoms with Crippen LogP contribution in [-0.4, -0.2) is 39.0 Å². The van der Waals surface area contributed by atoms with Crippen LogP contribution in [0.3, 0.4) is 0 Å². The molecule has 0 aliphatic heterocycles. The first-order chi connectivity index (χ1) is 15.8. The zero-order valence-electron chi connectivity index (χ0n) is 19.5. The van der Waals surface area contributed by atoms with Crippen molar-refractivity contribution in [3.05, 3.63) is 52.8 Å². The molecular weight excluding hydrogens is 418 g/mol. The number of hydrogen-bond acceptors (Lipinski definition) is 5. The zero-order valence-corrected chi connectivity index (χ0v) is 19.5. The molecule has 176 valence electrons. The van der Waals surface area contributed by atoms with Crippen LogP contribution in [0.4, 0.5) is 0 Å². The molecule has 4 aliphatic rings. The van der Waals surface area contributed by atoms with Crippen molar-refractivity contribution >= 4 is 11.9 Å². The number of nitrogens with zero attached hydrogens (tertiary/aromatic N) is 2. The average molecular weight is 452 g/mol. The molecule has 1 aromatic heterocycles. The number of rotatable bonds is 7. The molecule has 4 aliphatic carbocycles. The first-order valence-corrected chi connectivity index (χ1v) is 12.0. The van der Waals surface area contributed by atoms with Crippen molar-refractivity contribution in [3.63, 3.8) is 0 Å². The smallest absolute Gasteiger partial charge is 0.312 e. The van der Waals surface area contributed by atoms with E-state index in [0.29, 0.717) is 31.3 Å². The molecule has 4 saturated carbocycles. The van der Waals surface area contributed by atoms with E-state index >= 15 is 0 Å². The highest BCUT2D eigenvalue weighted by Crippen LogP contribution is 2.61. The summed E-state index contributed by atoms with van der Waals surface area (Å²) in [5.74, 6) is 0.168. The van der Waals surface area contributed by atoms with Crippen LogP contribution in [0.1, 0.15) is 61.0 Å². The number of aromatic nitrogens is 2. The van der Waals surface area contributed by atoms with E-state index in [2.05, 4.69) is 22.5 Å². The van der Waals surface area contributed by atoms with Crippen LogP contribution in [0.15, 0.2) is 30.3 Å². The average Bonchev–Trinajstić information content (AvgIpc) is 3.01. The fraction of sp³-hybridized carbons (Fsp3) is 0.577. The predicted octanol–water partition coefficient (Wildman–Crippen LogP) is 3.04. The van der Waals surface area contributed by atoms with E-state index in [1.165, 1.54) is 5.56 Å². The second-order valence-electron chi connectivity index (χ2n) is 10.6. The Kier molecular flexibility index (Phi) is 5.55. The van der Waals surface area contributed by atoms with Crippen molar-refractivity contribution in [2.75, 3.05) is 6.61 Å². The fourth-order valence-electron chi connectivity index (χ4n) is 6.88. The van der Waals surface area contributed by atoms with E-state index in [1.54, 1.807) is 0 Å². The number of carbonyl (C=O) groups excluding carboxylic acids is 2. The lowest BCUT2D eigenvalue weighted by Gasteiger charge is -2.58. The Labute approximate surface area is 194 Å². The zero-order chi connectivity index (χ0) is 23.2. The van der Waals surface area contributed by atoms with Gasteiger partial charge in [-0.05, 0) is 69.8 Å². The summed E-state index contributed by atoms with van der Waals surface area (Å²) in [6.07, 6.45) is 4.75. The maximum atomic E-state index is 13.0. The second kappa shape index (κ2) is 8.28. The van der Waals surface area contributed by atoms with Crippen molar-refractivity contribution in [2.24, 2.45) is 17.3 Å². The lowest BCUT2D eigenvalue weighted by atomic mass is 9.48. The molecule has 2 aromatic rings. The van der Waals surface area contributed by atoms with Crippen LogP contribution in [0.2, 0.25) is 0 Å². The van der Waals surface area contributed by atoms with Crippen molar-refractivity contribution in [1.29, 1.82) is 0 Å². The van der Waals surface area contributed by atoms with E-state index < -0.39 is 11.0 Å². The molecule has 6 rings (SSSR count). The number of amides is 1. The number of hydrogen-bond donors (Lipinski definition) is 2. The third-order valence-electron chi connectivity index (χ3n) is 7.97. The summed E-state index contributed by atoms with van der Waals surface area (Å²) in [4.78, 5) is 25.4. The predicted molar refractivity (Wildman–Crippen MR) is 122 cm³/mol. The topological polar surface area (TPSA) is 93.5 Å². The standard InChI is InChI=1S/C26H33N3O4/c1-17-22(18(2)29(28-17)14-19-6-4-3-5-7-19)13-27-23(30)15-33-24(31)25-9-20-8-21(10-25)12-26(32,11-20)16-25/h3-7,20-21,32H,8-16H2,1-2H3,(H,27,30). The summed E-state index contributed by atoms with van der Waals surface area (Å²) in [5.41, 5.74) is 2.71. The van der Waals surface area contributed by atoms with Gasteiger partial charge in [0.05, 0.1) is 23.3 Å². The number of nitrogens with one attached hydrogen (secondary N) is 1. The van der Waals surface area contributed by atoms with E-state index in [9.17, 15) is 14.7 Å². The molecule has 2 unspecified atom stereocenters. The number of carbonyl (C=O) groups is 2. The molecule has 4 bridgehead atoms. The molecule has 2 atom stereocenters. The van der Waals surface area contributed by atoms with Gasteiger partial charge in [0.15, 0.2) is 6.61 Å². The summed E-state index contributed by atoms with van der Waals surface area (Å²) < 4.78 is 7.43. The monoisotopic (exact) mass is 451 g/mol. The van der Waals surface area contributed by atoms with Crippen molar-refractivity contribution < 1.29 is 19.4 Å². The number of benzene rings is 1. The van der Waals surface area contributed by atoms with Crippen LogP contribution < -0.4 is 5.32 Å².